The topological polar surface area (TPSA) is 51.1 Å². The molecule has 0 saturated carbocycles. The minimum Gasteiger partial charge on any atom is -0.349 e. The van der Waals surface area contributed by atoms with Crippen molar-refractivity contribution in [3.8, 4) is 0 Å². The van der Waals surface area contributed by atoms with Crippen LogP contribution < -0.4 is 19.7 Å². The second kappa shape index (κ2) is 9.03. The third kappa shape index (κ3) is 3.27. The Bertz CT molecular complexity index is 1920. The Morgan fingerprint density at radius 1 is 0.698 bits per heavy atom. The van der Waals surface area contributed by atoms with Gasteiger partial charge in [0.05, 0.1) is 17.8 Å². The Hall–Kier alpha value is -5.43. The maximum Gasteiger partial charge on any atom is 0.162 e. The number of hydrogen-bond acceptors (Lipinski definition) is 7. The van der Waals surface area contributed by atoms with Gasteiger partial charge in [-0.3, -0.25) is 0 Å². The second-order valence-electron chi connectivity index (χ2n) is 11.5. The average molecular weight is 560 g/mol. The van der Waals surface area contributed by atoms with Crippen molar-refractivity contribution in [2.24, 2.45) is 11.0 Å². The smallest absolute Gasteiger partial charge is 0.162 e. The largest absolute Gasteiger partial charge is 0.349 e. The predicted molar refractivity (Wildman–Crippen MR) is 173 cm³/mol. The first-order chi connectivity index (χ1) is 21.2. The zero-order chi connectivity index (χ0) is 28.7. The van der Waals surface area contributed by atoms with Crippen LogP contribution in [0.2, 0.25) is 0 Å². The molecule has 0 bridgehead atoms. The van der Waals surface area contributed by atoms with Gasteiger partial charge in [0.15, 0.2) is 11.7 Å². The van der Waals surface area contributed by atoms with Gasteiger partial charge in [-0.2, -0.15) is 5.10 Å². The molecule has 7 heteroatoms. The number of para-hydroxylation sites is 3. The highest BCUT2D eigenvalue weighted by molar-refractivity contribution is 6.13. The quantitative estimate of drug-likeness (QED) is 0.236. The Labute approximate surface area is 250 Å². The van der Waals surface area contributed by atoms with Crippen molar-refractivity contribution in [3.05, 3.63) is 145 Å². The summed E-state index contributed by atoms with van der Waals surface area (Å²) >= 11 is 0. The van der Waals surface area contributed by atoms with Crippen molar-refractivity contribution in [3.63, 3.8) is 0 Å². The summed E-state index contributed by atoms with van der Waals surface area (Å²) in [7, 11) is 2.17. The molecule has 7 nitrogen and oxygen atoms in total. The molecule has 5 aromatic rings. The molecule has 4 aliphatic heterocycles. The summed E-state index contributed by atoms with van der Waals surface area (Å²) in [6.45, 7) is 4.83. The minimum absolute atomic E-state index is 0.0131. The van der Waals surface area contributed by atoms with Gasteiger partial charge in [-0.05, 0) is 35.4 Å². The molecular formula is C36H29N7. The molecule has 208 valence electrons. The first kappa shape index (κ1) is 24.2. The summed E-state index contributed by atoms with van der Waals surface area (Å²) in [5, 5.41) is 7.74. The summed E-state index contributed by atoms with van der Waals surface area (Å²) in [4.78, 5) is 16.5. The third-order valence-electron chi connectivity index (χ3n) is 9.43. The number of aromatic nitrogens is 2. The molecule has 5 heterocycles. The fourth-order valence-electron chi connectivity index (χ4n) is 7.71. The molecule has 9 rings (SSSR count). The maximum absolute atomic E-state index is 5.48. The highest BCUT2D eigenvalue weighted by atomic mass is 15.6. The van der Waals surface area contributed by atoms with Gasteiger partial charge in [0.25, 0.3) is 0 Å². The van der Waals surface area contributed by atoms with Crippen LogP contribution in [-0.2, 0) is 0 Å². The van der Waals surface area contributed by atoms with Crippen molar-refractivity contribution in [1.29, 1.82) is 0 Å². The molecule has 4 atom stereocenters. The van der Waals surface area contributed by atoms with E-state index in [0.717, 1.165) is 45.4 Å². The van der Waals surface area contributed by atoms with Crippen molar-refractivity contribution >= 4 is 40.0 Å². The van der Waals surface area contributed by atoms with Gasteiger partial charge in [-0.1, -0.05) is 91.5 Å². The van der Waals surface area contributed by atoms with Gasteiger partial charge in [-0.15, -0.1) is 0 Å². The number of hydrazone groups is 1. The lowest BCUT2D eigenvalue weighted by molar-refractivity contribution is 0.318. The van der Waals surface area contributed by atoms with Crippen LogP contribution in [0.3, 0.4) is 0 Å². The summed E-state index contributed by atoms with van der Waals surface area (Å²) in [6.07, 6.45) is 3.38. The first-order valence-corrected chi connectivity index (χ1v) is 14.7. The van der Waals surface area contributed by atoms with Gasteiger partial charge < -0.3 is 14.7 Å². The summed E-state index contributed by atoms with van der Waals surface area (Å²) < 4.78 is 0. The van der Waals surface area contributed by atoms with Crippen LogP contribution in [0, 0.1) is 5.92 Å². The number of nitrogens with zero attached hydrogens (tertiary/aromatic N) is 7. The van der Waals surface area contributed by atoms with E-state index in [1.807, 2.05) is 6.20 Å². The fourth-order valence-corrected chi connectivity index (χ4v) is 7.71. The molecule has 0 saturated heterocycles. The molecule has 43 heavy (non-hydrogen) atoms. The monoisotopic (exact) mass is 559 g/mol. The van der Waals surface area contributed by atoms with Crippen LogP contribution in [0.4, 0.5) is 28.6 Å². The standard InChI is InChI=1S/C36H29N7/c1-23-26-17-9-12-20-29(26)43-36(41(25-15-7-4-8-16-25)33(39-43)24-13-5-3-6-14-24)32-31(23)27-18-10-11-19-28(27)42-34-30(21-37-22-38-34)40(2)35(32)42/h3-22,31-32,35-36H,1H2,2H3. The van der Waals surface area contributed by atoms with Crippen molar-refractivity contribution < 1.29 is 0 Å². The second-order valence-corrected chi connectivity index (χ2v) is 11.5. The number of hydrogen-bond donors (Lipinski definition) is 0. The predicted octanol–water partition coefficient (Wildman–Crippen LogP) is 6.85. The molecular weight excluding hydrogens is 530 g/mol. The van der Waals surface area contributed by atoms with Crippen LogP contribution in [0.25, 0.3) is 5.57 Å². The lowest BCUT2D eigenvalue weighted by atomic mass is 9.72. The number of fused-ring (bicyclic) bond motifs is 12. The van der Waals surface area contributed by atoms with Gasteiger partial charge in [0.2, 0.25) is 0 Å². The molecule has 0 amide bonds. The normalized spacial score (nSPS) is 23.0. The molecule has 0 N–H and O–H groups in total. The first-order valence-electron chi connectivity index (χ1n) is 14.7. The maximum atomic E-state index is 5.48. The van der Waals surface area contributed by atoms with Gasteiger partial charge in [0.1, 0.15) is 24.3 Å². The van der Waals surface area contributed by atoms with Crippen LogP contribution in [0.5, 0.6) is 0 Å². The molecule has 0 fully saturated rings. The van der Waals surface area contributed by atoms with Gasteiger partial charge in [-0.25, -0.2) is 15.0 Å². The Balaban J connectivity index is 1.36. The summed E-state index contributed by atoms with van der Waals surface area (Å²) in [6, 6.07) is 38.6. The van der Waals surface area contributed by atoms with Gasteiger partial charge >= 0.3 is 0 Å². The average Bonchev–Trinajstić information content (AvgIpc) is 3.58. The van der Waals surface area contributed by atoms with E-state index in [9.17, 15) is 0 Å². The summed E-state index contributed by atoms with van der Waals surface area (Å²) in [5.74, 6) is 1.90. The lowest BCUT2D eigenvalue weighted by Gasteiger charge is -2.50. The minimum atomic E-state index is -0.159. The van der Waals surface area contributed by atoms with E-state index in [4.69, 9.17) is 16.7 Å². The number of rotatable bonds is 2. The number of anilines is 5. The van der Waals surface area contributed by atoms with E-state index in [0.29, 0.717) is 0 Å². The Kier molecular flexibility index (Phi) is 5.08. The van der Waals surface area contributed by atoms with E-state index in [1.54, 1.807) is 6.33 Å². The van der Waals surface area contributed by atoms with Crippen LogP contribution in [0.15, 0.2) is 133 Å². The van der Waals surface area contributed by atoms with Crippen molar-refractivity contribution in [2.45, 2.75) is 18.2 Å². The highest BCUT2D eigenvalue weighted by Crippen LogP contribution is 2.60. The Morgan fingerprint density at radius 2 is 1.40 bits per heavy atom. The van der Waals surface area contributed by atoms with Crippen LogP contribution in [0.1, 0.15) is 22.6 Å². The molecule has 4 aliphatic rings. The molecule has 0 radical (unpaired) electrons. The molecule has 0 aliphatic carbocycles. The molecule has 4 unspecified atom stereocenters. The van der Waals surface area contributed by atoms with Crippen molar-refractivity contribution in [2.75, 3.05) is 26.8 Å². The molecule has 0 spiro atoms. The van der Waals surface area contributed by atoms with E-state index in [-0.39, 0.29) is 24.2 Å². The number of benzene rings is 4. The number of amidine groups is 1. The van der Waals surface area contributed by atoms with E-state index >= 15 is 0 Å². The van der Waals surface area contributed by atoms with Crippen LogP contribution in [-0.4, -0.2) is 35.2 Å². The molecule has 4 aromatic carbocycles. The third-order valence-corrected chi connectivity index (χ3v) is 9.43. The van der Waals surface area contributed by atoms with Crippen molar-refractivity contribution in [1.82, 2.24) is 9.97 Å². The molecule has 1 aromatic heterocycles. The zero-order valence-corrected chi connectivity index (χ0v) is 23.7. The Morgan fingerprint density at radius 3 is 2.21 bits per heavy atom. The van der Waals surface area contributed by atoms with E-state index in [2.05, 4.69) is 141 Å². The zero-order valence-electron chi connectivity index (χ0n) is 23.7. The summed E-state index contributed by atoms with van der Waals surface area (Å²) in [5.41, 5.74) is 8.94. The van der Waals surface area contributed by atoms with E-state index in [1.165, 1.54) is 11.3 Å². The SMILES string of the molecule is C=C1c2ccccc2N2N=C(c3ccccc3)N(c3ccccc3)C2C2C1c1ccccc1N1c3ncncc3N(C)C21. The van der Waals surface area contributed by atoms with Gasteiger partial charge in [0, 0.05) is 35.5 Å². The number of allylic oxidation sites excluding steroid dienone is 1. The highest BCUT2D eigenvalue weighted by Gasteiger charge is 2.58. The lowest BCUT2D eigenvalue weighted by Crippen LogP contribution is -2.60. The fraction of sp³-hybridized carbons (Fsp3) is 0.139. The van der Waals surface area contributed by atoms with Crippen LogP contribution >= 0.6 is 0 Å². The van der Waals surface area contributed by atoms with E-state index < -0.39 is 0 Å².